The third-order valence-electron chi connectivity index (χ3n) is 7.05. The molecule has 0 radical (unpaired) electrons. The number of rotatable bonds is 4. The van der Waals surface area contributed by atoms with Crippen LogP contribution in [0.4, 0.5) is 11.5 Å². The molecule has 0 aliphatic carbocycles. The summed E-state index contributed by atoms with van der Waals surface area (Å²) in [5.74, 6) is 1.00. The molecule has 0 saturated carbocycles. The number of hydrogen-bond acceptors (Lipinski definition) is 4. The number of benzene rings is 3. The molecule has 0 amide bonds. The van der Waals surface area contributed by atoms with Crippen LogP contribution in [0, 0.1) is 6.92 Å². The fourth-order valence-electron chi connectivity index (χ4n) is 5.19. The topological polar surface area (TPSA) is 37.2 Å². The van der Waals surface area contributed by atoms with Crippen LogP contribution in [-0.2, 0) is 0 Å². The molecule has 1 saturated heterocycles. The average Bonchev–Trinajstić information content (AvgIpc) is 3.30. The Balaban J connectivity index is 1.43. The smallest absolute Gasteiger partial charge is 0.150 e. The van der Waals surface area contributed by atoms with Crippen molar-refractivity contribution in [2.75, 3.05) is 29.4 Å². The van der Waals surface area contributed by atoms with Crippen molar-refractivity contribution < 1.29 is 0 Å². The normalized spacial score (nSPS) is 16.0. The minimum absolute atomic E-state index is 0.361. The number of nitrogens with zero attached hydrogens (tertiary/aromatic N) is 5. The van der Waals surface area contributed by atoms with Crippen LogP contribution in [0.15, 0.2) is 95.9 Å². The number of aryl methyl sites for hydroxylation is 1. The lowest BCUT2D eigenvalue weighted by atomic mass is 10.1. The summed E-state index contributed by atoms with van der Waals surface area (Å²) in [7, 11) is 0. The van der Waals surface area contributed by atoms with Crippen LogP contribution >= 0.6 is 15.9 Å². The van der Waals surface area contributed by atoms with Gasteiger partial charge in [-0.25, -0.2) is 9.97 Å². The van der Waals surface area contributed by atoms with Gasteiger partial charge in [-0.15, -0.1) is 0 Å². The zero-order valence-electron chi connectivity index (χ0n) is 20.5. The second-order valence-electron chi connectivity index (χ2n) is 9.48. The van der Waals surface area contributed by atoms with E-state index in [2.05, 4.69) is 129 Å². The van der Waals surface area contributed by atoms with Crippen LogP contribution in [0.5, 0.6) is 0 Å². The quantitative estimate of drug-likeness (QED) is 0.250. The fourth-order valence-corrected chi connectivity index (χ4v) is 5.45. The van der Waals surface area contributed by atoms with Crippen molar-refractivity contribution in [1.82, 2.24) is 14.5 Å². The van der Waals surface area contributed by atoms with Crippen molar-refractivity contribution in [2.24, 2.45) is 0 Å². The Bertz CT molecular complexity index is 1490. The average molecular weight is 538 g/mol. The van der Waals surface area contributed by atoms with Crippen molar-refractivity contribution in [2.45, 2.75) is 19.9 Å². The Kier molecular flexibility index (Phi) is 5.97. The van der Waals surface area contributed by atoms with Gasteiger partial charge in [0.1, 0.15) is 12.1 Å². The molecule has 1 fully saturated rings. The van der Waals surface area contributed by atoms with Gasteiger partial charge in [0.15, 0.2) is 5.65 Å². The molecule has 5 aromatic rings. The molecule has 6 heteroatoms. The van der Waals surface area contributed by atoms with Gasteiger partial charge in [-0.2, -0.15) is 0 Å². The van der Waals surface area contributed by atoms with E-state index >= 15 is 0 Å². The predicted molar refractivity (Wildman–Crippen MR) is 152 cm³/mol. The molecular weight excluding hydrogens is 510 g/mol. The van der Waals surface area contributed by atoms with Crippen LogP contribution < -0.4 is 9.80 Å². The standard InChI is InChI=1S/C30H28BrN5/c1-21-8-12-25(13-9-21)35-17-16-34(18-22(35)2)29-28-27(23-6-4-3-5-7-23)19-36(30(28)33-20-32-29)26-14-10-24(31)11-15-26/h3-15,19-20,22H,16-18H2,1-2H3. The first-order valence-electron chi connectivity index (χ1n) is 12.3. The number of hydrogen-bond donors (Lipinski definition) is 0. The third-order valence-corrected chi connectivity index (χ3v) is 7.57. The molecular formula is C30H28BrN5. The van der Waals surface area contributed by atoms with Crippen molar-refractivity contribution in [1.29, 1.82) is 0 Å². The van der Waals surface area contributed by atoms with E-state index in [9.17, 15) is 0 Å². The second-order valence-corrected chi connectivity index (χ2v) is 10.4. The highest BCUT2D eigenvalue weighted by atomic mass is 79.9. The molecule has 0 spiro atoms. The largest absolute Gasteiger partial charge is 0.365 e. The summed E-state index contributed by atoms with van der Waals surface area (Å²) in [6.45, 7) is 7.19. The van der Waals surface area contributed by atoms with Gasteiger partial charge in [-0.1, -0.05) is 64.0 Å². The van der Waals surface area contributed by atoms with E-state index in [1.165, 1.54) is 16.8 Å². The van der Waals surface area contributed by atoms with Crippen molar-refractivity contribution in [3.05, 3.63) is 101 Å². The highest BCUT2D eigenvalue weighted by Gasteiger charge is 2.28. The highest BCUT2D eigenvalue weighted by molar-refractivity contribution is 9.10. The lowest BCUT2D eigenvalue weighted by molar-refractivity contribution is 0.548. The van der Waals surface area contributed by atoms with Crippen molar-refractivity contribution in [3.63, 3.8) is 0 Å². The van der Waals surface area contributed by atoms with Crippen LogP contribution in [-0.4, -0.2) is 40.2 Å². The number of fused-ring (bicyclic) bond motifs is 1. The second kappa shape index (κ2) is 9.43. The van der Waals surface area contributed by atoms with E-state index in [1.54, 1.807) is 6.33 Å². The zero-order valence-corrected chi connectivity index (χ0v) is 22.1. The lowest BCUT2D eigenvalue weighted by Gasteiger charge is -2.42. The van der Waals surface area contributed by atoms with E-state index in [0.29, 0.717) is 6.04 Å². The van der Waals surface area contributed by atoms with Gasteiger partial charge < -0.3 is 14.4 Å². The minimum atomic E-state index is 0.361. The maximum Gasteiger partial charge on any atom is 0.150 e. The minimum Gasteiger partial charge on any atom is -0.365 e. The fraction of sp³-hybridized carbons (Fsp3) is 0.200. The van der Waals surface area contributed by atoms with Gasteiger partial charge in [0.25, 0.3) is 0 Å². The van der Waals surface area contributed by atoms with Crippen LogP contribution in [0.3, 0.4) is 0 Å². The molecule has 36 heavy (non-hydrogen) atoms. The van der Waals surface area contributed by atoms with Gasteiger partial charge in [-0.3, -0.25) is 0 Å². The van der Waals surface area contributed by atoms with Gasteiger partial charge in [0, 0.05) is 53.3 Å². The molecule has 3 heterocycles. The summed E-state index contributed by atoms with van der Waals surface area (Å²) in [4.78, 5) is 14.6. The van der Waals surface area contributed by atoms with Crippen molar-refractivity contribution >= 4 is 38.5 Å². The van der Waals surface area contributed by atoms with E-state index < -0.39 is 0 Å². The molecule has 2 aromatic heterocycles. The van der Waals surface area contributed by atoms with Gasteiger partial charge in [0.2, 0.25) is 0 Å². The summed E-state index contributed by atoms with van der Waals surface area (Å²) in [6.07, 6.45) is 3.91. The Morgan fingerprint density at radius 2 is 1.56 bits per heavy atom. The number of piperazine rings is 1. The first-order chi connectivity index (χ1) is 17.6. The molecule has 3 aromatic carbocycles. The Labute approximate surface area is 220 Å². The Hall–Kier alpha value is -3.64. The van der Waals surface area contributed by atoms with E-state index in [-0.39, 0.29) is 0 Å². The first kappa shape index (κ1) is 22.8. The van der Waals surface area contributed by atoms with E-state index in [1.807, 2.05) is 0 Å². The predicted octanol–water partition coefficient (Wildman–Crippen LogP) is 6.87. The first-order valence-corrected chi connectivity index (χ1v) is 13.1. The van der Waals surface area contributed by atoms with Crippen LogP contribution in [0.2, 0.25) is 0 Å². The summed E-state index contributed by atoms with van der Waals surface area (Å²) in [6, 6.07) is 28.1. The molecule has 1 unspecified atom stereocenters. The molecule has 6 rings (SSSR count). The van der Waals surface area contributed by atoms with Gasteiger partial charge in [0.05, 0.1) is 5.39 Å². The summed E-state index contributed by atoms with van der Waals surface area (Å²) >= 11 is 3.56. The monoisotopic (exact) mass is 537 g/mol. The lowest BCUT2D eigenvalue weighted by Crippen LogP contribution is -2.52. The molecule has 0 N–H and O–H groups in total. The number of anilines is 2. The zero-order chi connectivity index (χ0) is 24.6. The Morgan fingerprint density at radius 3 is 2.28 bits per heavy atom. The molecule has 1 atom stereocenters. The SMILES string of the molecule is Cc1ccc(N2CCN(c3ncnc4c3c(-c3ccccc3)cn4-c3ccc(Br)cc3)CC2C)cc1. The molecule has 1 aliphatic heterocycles. The van der Waals surface area contributed by atoms with E-state index in [4.69, 9.17) is 9.97 Å². The van der Waals surface area contributed by atoms with Gasteiger partial charge in [-0.05, 0) is 55.8 Å². The Morgan fingerprint density at radius 1 is 0.833 bits per heavy atom. The highest BCUT2D eigenvalue weighted by Crippen LogP contribution is 2.37. The van der Waals surface area contributed by atoms with Crippen LogP contribution in [0.25, 0.3) is 27.8 Å². The number of halogens is 1. The maximum absolute atomic E-state index is 4.86. The summed E-state index contributed by atoms with van der Waals surface area (Å²) in [5, 5.41) is 1.10. The van der Waals surface area contributed by atoms with Crippen molar-refractivity contribution in [3.8, 4) is 16.8 Å². The molecule has 5 nitrogen and oxygen atoms in total. The molecule has 0 bridgehead atoms. The molecule has 1 aliphatic rings. The molecule has 180 valence electrons. The summed E-state index contributed by atoms with van der Waals surface area (Å²) in [5.41, 5.74) is 6.89. The third kappa shape index (κ3) is 4.16. The number of aromatic nitrogens is 3. The summed E-state index contributed by atoms with van der Waals surface area (Å²) < 4.78 is 3.24. The maximum atomic E-state index is 4.86. The van der Waals surface area contributed by atoms with Gasteiger partial charge >= 0.3 is 0 Å². The van der Waals surface area contributed by atoms with Crippen LogP contribution in [0.1, 0.15) is 12.5 Å². The van der Waals surface area contributed by atoms with E-state index in [0.717, 1.165) is 52.2 Å².